The van der Waals surface area contributed by atoms with Gasteiger partial charge in [-0.05, 0) is 42.5 Å². The normalized spacial score (nSPS) is 19.5. The average Bonchev–Trinajstić information content (AvgIpc) is 3.61. The fraction of sp³-hybridized carbons (Fsp3) is 0.344. The number of oxazole rings is 1. The maximum Gasteiger partial charge on any atom is 0.265 e. The first kappa shape index (κ1) is 27.7. The largest absolute Gasteiger partial charge is 0.457 e. The van der Waals surface area contributed by atoms with Crippen LogP contribution in [0.2, 0.25) is 0 Å². The van der Waals surface area contributed by atoms with Crippen molar-refractivity contribution in [3.63, 3.8) is 0 Å². The number of rotatable bonds is 6. The van der Waals surface area contributed by atoms with E-state index in [1.165, 1.54) is 24.2 Å². The number of aromatic nitrogens is 3. The first-order valence-electron chi connectivity index (χ1n) is 14.3. The van der Waals surface area contributed by atoms with Crippen LogP contribution in [0.3, 0.4) is 0 Å². The molecule has 8 rings (SSSR count). The molecule has 1 spiro atoms. The Hall–Kier alpha value is -4.09. The molecule has 1 unspecified atom stereocenters. The fourth-order valence-electron chi connectivity index (χ4n) is 5.72. The minimum Gasteiger partial charge on any atom is -0.457 e. The number of benzene rings is 2. The monoisotopic (exact) mass is 613 g/mol. The summed E-state index contributed by atoms with van der Waals surface area (Å²) in [6.45, 7) is 6.74. The number of para-hydroxylation sites is 1. The van der Waals surface area contributed by atoms with Gasteiger partial charge in [0.2, 0.25) is 12.3 Å². The predicted octanol–water partition coefficient (Wildman–Crippen LogP) is 6.70. The molecule has 5 heterocycles. The molecule has 2 aliphatic heterocycles. The Morgan fingerprint density at radius 2 is 1.81 bits per heavy atom. The molecule has 9 nitrogen and oxygen atoms in total. The van der Waals surface area contributed by atoms with Gasteiger partial charge in [0.25, 0.3) is 5.91 Å². The van der Waals surface area contributed by atoms with Crippen LogP contribution in [-0.4, -0.2) is 63.2 Å². The molecule has 2 amide bonds. The number of ether oxygens (including phenoxy) is 1. The third kappa shape index (κ3) is 5.54. The average molecular weight is 614 g/mol. The maximum absolute atomic E-state index is 13.1. The van der Waals surface area contributed by atoms with Crippen molar-refractivity contribution in [2.24, 2.45) is 10.8 Å². The number of fused-ring (bicyclic) bond motifs is 1. The van der Waals surface area contributed by atoms with Gasteiger partial charge in [0.05, 0.1) is 28.0 Å². The minimum atomic E-state index is -0.283. The number of carbonyl (C=O) groups is 2. The zero-order valence-electron chi connectivity index (χ0n) is 23.9. The fourth-order valence-corrected chi connectivity index (χ4v) is 6.96. The maximum atomic E-state index is 13.1. The molecule has 3 aliphatic rings. The van der Waals surface area contributed by atoms with Crippen LogP contribution >= 0.6 is 22.7 Å². The van der Waals surface area contributed by atoms with Crippen molar-refractivity contribution in [2.45, 2.75) is 32.6 Å². The van der Waals surface area contributed by atoms with Crippen LogP contribution < -0.4 is 4.74 Å². The van der Waals surface area contributed by atoms with Crippen molar-refractivity contribution in [1.29, 1.82) is 0 Å². The van der Waals surface area contributed by atoms with Crippen LogP contribution in [0.1, 0.15) is 48.2 Å². The van der Waals surface area contributed by atoms with Gasteiger partial charge in [-0.2, -0.15) is 0 Å². The molecule has 11 heteroatoms. The summed E-state index contributed by atoms with van der Waals surface area (Å²) in [5.74, 6) is 1.76. The van der Waals surface area contributed by atoms with E-state index in [4.69, 9.17) is 14.1 Å². The highest BCUT2D eigenvalue weighted by Gasteiger charge is 2.57. The third-order valence-corrected chi connectivity index (χ3v) is 10.1. The first-order chi connectivity index (χ1) is 20.8. The zero-order chi connectivity index (χ0) is 29.6. The molecule has 2 aromatic carbocycles. The Bertz CT molecular complexity index is 1750. The number of carbonyl (C=O) groups excluding carboxylic acids is 2. The lowest BCUT2D eigenvalue weighted by Crippen LogP contribution is -2.59. The summed E-state index contributed by atoms with van der Waals surface area (Å²) in [6.07, 6.45) is 7.18. The van der Waals surface area contributed by atoms with Gasteiger partial charge in [-0.15, -0.1) is 22.7 Å². The highest BCUT2D eigenvalue weighted by atomic mass is 32.1. The molecule has 220 valence electrons. The van der Waals surface area contributed by atoms with Crippen LogP contribution in [0.25, 0.3) is 21.5 Å². The molecule has 1 atom stereocenters. The molecule has 3 aromatic heterocycles. The Balaban J connectivity index is 0.000000547. The van der Waals surface area contributed by atoms with E-state index in [9.17, 15) is 9.59 Å². The van der Waals surface area contributed by atoms with Crippen molar-refractivity contribution < 1.29 is 18.7 Å². The van der Waals surface area contributed by atoms with Gasteiger partial charge in [0.15, 0.2) is 5.58 Å². The number of hydrogen-bond donors (Lipinski definition) is 0. The summed E-state index contributed by atoms with van der Waals surface area (Å²) in [7, 11) is 0. The predicted molar refractivity (Wildman–Crippen MR) is 165 cm³/mol. The van der Waals surface area contributed by atoms with E-state index in [1.54, 1.807) is 33.5 Å². The van der Waals surface area contributed by atoms with Gasteiger partial charge in [0, 0.05) is 49.4 Å². The van der Waals surface area contributed by atoms with Crippen molar-refractivity contribution in [3.05, 3.63) is 76.6 Å². The molecule has 1 saturated carbocycles. The lowest BCUT2D eigenvalue weighted by Gasteiger charge is -2.48. The summed E-state index contributed by atoms with van der Waals surface area (Å²) in [6, 6.07) is 13.4. The smallest absolute Gasteiger partial charge is 0.265 e. The Morgan fingerprint density at radius 1 is 1.05 bits per heavy atom. The lowest BCUT2D eigenvalue weighted by atomic mass is 9.72. The van der Waals surface area contributed by atoms with Crippen molar-refractivity contribution in [1.82, 2.24) is 24.8 Å². The van der Waals surface area contributed by atoms with Gasteiger partial charge in [-0.25, -0.2) is 4.98 Å². The summed E-state index contributed by atoms with van der Waals surface area (Å²) >= 11 is 2.88. The number of nitrogens with zero attached hydrogens (tertiary/aromatic N) is 5. The second kappa shape index (κ2) is 10.9. The number of hydrogen-bond acceptors (Lipinski definition) is 9. The van der Waals surface area contributed by atoms with Crippen LogP contribution in [-0.2, 0) is 4.79 Å². The molecule has 5 aromatic rings. The Kier molecular flexibility index (Phi) is 7.01. The minimum absolute atomic E-state index is 0.0506. The molecule has 0 N–H and O–H groups in total. The van der Waals surface area contributed by atoms with E-state index in [0.717, 1.165) is 33.5 Å². The number of thiazole rings is 2. The van der Waals surface area contributed by atoms with E-state index in [-0.39, 0.29) is 17.2 Å². The topological polar surface area (TPSA) is 102 Å². The van der Waals surface area contributed by atoms with Crippen molar-refractivity contribution >= 4 is 46.1 Å². The highest BCUT2D eigenvalue weighted by molar-refractivity contribution is 7.13. The summed E-state index contributed by atoms with van der Waals surface area (Å²) in [4.78, 5) is 42.7. The van der Waals surface area contributed by atoms with Crippen molar-refractivity contribution in [3.8, 4) is 21.9 Å². The SMILES string of the molecule is CC1(C)CC1.O=CN1CC2(C1)CN(C(=O)c1cncs1)CC2c1nc2ccc(Oc3ccccc3-c3cncs3)cc2o1. The molecule has 0 radical (unpaired) electrons. The second-order valence-corrected chi connectivity index (χ2v) is 14.1. The van der Waals surface area contributed by atoms with Crippen LogP contribution in [0.15, 0.2) is 70.3 Å². The summed E-state index contributed by atoms with van der Waals surface area (Å²) in [5, 5.41) is 0. The van der Waals surface area contributed by atoms with Crippen LogP contribution in [0, 0.1) is 10.8 Å². The molecule has 2 saturated heterocycles. The summed E-state index contributed by atoms with van der Waals surface area (Å²) < 4.78 is 12.6. The molecule has 43 heavy (non-hydrogen) atoms. The highest BCUT2D eigenvalue weighted by Crippen LogP contribution is 2.49. The molecular formula is C32H31N5O4S2. The Labute approximate surface area is 257 Å². The molecule has 0 bridgehead atoms. The second-order valence-electron chi connectivity index (χ2n) is 12.3. The van der Waals surface area contributed by atoms with Gasteiger partial charge < -0.3 is 19.0 Å². The molecule has 1 aliphatic carbocycles. The number of likely N-dealkylation sites (tertiary alicyclic amines) is 2. The standard InChI is InChI=1S/C27H21N5O4S2.C5H10/c33-16-31-11-27(12-31)13-32(26(34)24-9-29-15-38-24)10-19(27)25-30-20-6-5-17(7-22(20)36-25)35-21-4-2-1-3-18(21)23-8-28-14-37-23;1-5(2)3-4-5/h1-9,14-16,19H,10-13H2;3-4H2,1-2H3. The van der Waals surface area contributed by atoms with Gasteiger partial charge in [-0.3, -0.25) is 19.6 Å². The van der Waals surface area contributed by atoms with E-state index in [2.05, 4.69) is 23.8 Å². The quantitative estimate of drug-likeness (QED) is 0.196. The van der Waals surface area contributed by atoms with Crippen molar-refractivity contribution in [2.75, 3.05) is 26.2 Å². The van der Waals surface area contributed by atoms with Crippen LogP contribution in [0.4, 0.5) is 0 Å². The van der Waals surface area contributed by atoms with Gasteiger partial charge in [0.1, 0.15) is 21.9 Å². The van der Waals surface area contributed by atoms with Crippen LogP contribution in [0.5, 0.6) is 11.5 Å². The number of amides is 2. The summed E-state index contributed by atoms with van der Waals surface area (Å²) in [5.41, 5.74) is 6.22. The van der Waals surface area contributed by atoms with Gasteiger partial charge in [-0.1, -0.05) is 26.0 Å². The Morgan fingerprint density at radius 3 is 2.51 bits per heavy atom. The van der Waals surface area contributed by atoms with E-state index in [1.807, 2.05) is 53.6 Å². The first-order valence-corrected chi connectivity index (χ1v) is 16.0. The van der Waals surface area contributed by atoms with E-state index in [0.29, 0.717) is 48.3 Å². The van der Waals surface area contributed by atoms with E-state index < -0.39 is 0 Å². The lowest BCUT2D eigenvalue weighted by molar-refractivity contribution is -0.129. The molecule has 3 fully saturated rings. The zero-order valence-corrected chi connectivity index (χ0v) is 25.6. The van der Waals surface area contributed by atoms with E-state index >= 15 is 0 Å². The third-order valence-electron chi connectivity index (χ3n) is 8.50. The molecular weight excluding hydrogens is 583 g/mol. The van der Waals surface area contributed by atoms with Gasteiger partial charge >= 0.3 is 0 Å².